The van der Waals surface area contributed by atoms with Crippen LogP contribution < -0.4 is 14.4 Å². The van der Waals surface area contributed by atoms with Gasteiger partial charge in [0.2, 0.25) is 15.9 Å². The molecule has 0 atom stereocenters. The molecule has 0 aromatic heterocycles. The molecule has 2 rings (SSSR count). The molecule has 146 valence electrons. The smallest absolute Gasteiger partial charge is 0.232 e. The van der Waals surface area contributed by atoms with Crippen molar-refractivity contribution in [2.45, 2.75) is 12.8 Å². The van der Waals surface area contributed by atoms with Crippen molar-refractivity contribution in [3.8, 4) is 5.75 Å². The van der Waals surface area contributed by atoms with Crippen LogP contribution in [0, 0.1) is 5.82 Å². The van der Waals surface area contributed by atoms with Crippen molar-refractivity contribution < 1.29 is 22.3 Å². The molecule has 0 fully saturated rings. The number of carbonyl (C=O) groups is 1. The summed E-state index contributed by atoms with van der Waals surface area (Å²) in [6, 6.07) is 12.8. The molecule has 0 spiro atoms. The molecule has 0 aliphatic heterocycles. The fourth-order valence-corrected chi connectivity index (χ4v) is 3.52. The molecular formula is C19H23FN2O4S. The minimum atomic E-state index is -3.58. The third-order valence-electron chi connectivity index (χ3n) is 3.95. The van der Waals surface area contributed by atoms with E-state index in [-0.39, 0.29) is 24.7 Å². The number of anilines is 1. The van der Waals surface area contributed by atoms with Gasteiger partial charge in [0, 0.05) is 19.5 Å². The molecule has 0 saturated carbocycles. The Morgan fingerprint density at radius 3 is 2.44 bits per heavy atom. The number of hydrogen-bond acceptors (Lipinski definition) is 4. The highest BCUT2D eigenvalue weighted by Gasteiger charge is 2.21. The van der Waals surface area contributed by atoms with Gasteiger partial charge in [-0.15, -0.1) is 0 Å². The second-order valence-corrected chi connectivity index (χ2v) is 7.89. The van der Waals surface area contributed by atoms with Crippen LogP contribution in [0.15, 0.2) is 48.5 Å². The number of rotatable bonds is 9. The molecule has 2 aromatic rings. The predicted octanol–water partition coefficient (Wildman–Crippen LogP) is 2.35. The summed E-state index contributed by atoms with van der Waals surface area (Å²) in [5, 5.41) is 2.75. The highest BCUT2D eigenvalue weighted by Crippen LogP contribution is 2.29. The molecule has 0 heterocycles. The molecule has 0 bridgehead atoms. The zero-order chi connectivity index (χ0) is 19.9. The molecule has 0 saturated heterocycles. The van der Waals surface area contributed by atoms with Crippen LogP contribution in [0.5, 0.6) is 5.75 Å². The Morgan fingerprint density at radius 2 is 1.81 bits per heavy atom. The number of halogens is 1. The largest absolute Gasteiger partial charge is 0.495 e. The van der Waals surface area contributed by atoms with Gasteiger partial charge in [0.05, 0.1) is 19.1 Å². The summed E-state index contributed by atoms with van der Waals surface area (Å²) >= 11 is 0. The first-order valence-electron chi connectivity index (χ1n) is 8.43. The van der Waals surface area contributed by atoms with E-state index in [0.717, 1.165) is 16.1 Å². The number of ether oxygens (including phenoxy) is 1. The average Bonchev–Trinajstić information content (AvgIpc) is 2.63. The summed E-state index contributed by atoms with van der Waals surface area (Å²) in [5.41, 5.74) is 1.30. The van der Waals surface area contributed by atoms with Crippen molar-refractivity contribution in [3.05, 3.63) is 59.9 Å². The van der Waals surface area contributed by atoms with E-state index in [4.69, 9.17) is 4.74 Å². The first kappa shape index (κ1) is 20.7. The lowest BCUT2D eigenvalue weighted by Gasteiger charge is -2.24. The van der Waals surface area contributed by atoms with Gasteiger partial charge < -0.3 is 10.1 Å². The Balaban J connectivity index is 1.92. The first-order valence-corrected chi connectivity index (χ1v) is 10.3. The molecule has 1 amide bonds. The van der Waals surface area contributed by atoms with Gasteiger partial charge in [-0.2, -0.15) is 0 Å². The lowest BCUT2D eigenvalue weighted by molar-refractivity contribution is -0.120. The van der Waals surface area contributed by atoms with Crippen molar-refractivity contribution >= 4 is 21.6 Å². The molecule has 6 nitrogen and oxygen atoms in total. The Hall–Kier alpha value is -2.61. The lowest BCUT2D eigenvalue weighted by atomic mass is 10.1. The topological polar surface area (TPSA) is 75.7 Å². The maximum absolute atomic E-state index is 12.9. The summed E-state index contributed by atoms with van der Waals surface area (Å²) in [5.74, 6) is -0.153. The predicted molar refractivity (Wildman–Crippen MR) is 103 cm³/mol. The van der Waals surface area contributed by atoms with Crippen molar-refractivity contribution in [1.82, 2.24) is 5.32 Å². The standard InChI is InChI=1S/C19H23FN2O4S/c1-26-18-6-4-3-5-17(18)22(27(2,24)25)14-12-19(23)21-13-11-15-7-9-16(20)10-8-15/h3-10H,11-14H2,1-2H3,(H,21,23). The van der Waals surface area contributed by atoms with E-state index in [1.807, 2.05) is 0 Å². The molecule has 0 aliphatic rings. The van der Waals surface area contributed by atoms with Gasteiger partial charge in [0.15, 0.2) is 0 Å². The SMILES string of the molecule is COc1ccccc1N(CCC(=O)NCCc1ccc(F)cc1)S(C)(=O)=O. The van der Waals surface area contributed by atoms with Crippen LogP contribution in [0.3, 0.4) is 0 Å². The van der Waals surface area contributed by atoms with Gasteiger partial charge in [-0.1, -0.05) is 24.3 Å². The zero-order valence-electron chi connectivity index (χ0n) is 15.3. The third-order valence-corrected chi connectivity index (χ3v) is 5.13. The molecule has 0 aliphatic carbocycles. The van der Waals surface area contributed by atoms with Crippen LogP contribution in [0.4, 0.5) is 10.1 Å². The van der Waals surface area contributed by atoms with E-state index in [9.17, 15) is 17.6 Å². The number of nitrogens with one attached hydrogen (secondary N) is 1. The number of amides is 1. The van der Waals surface area contributed by atoms with Crippen LogP contribution >= 0.6 is 0 Å². The van der Waals surface area contributed by atoms with Gasteiger partial charge in [-0.25, -0.2) is 12.8 Å². The van der Waals surface area contributed by atoms with Crippen LogP contribution in [0.1, 0.15) is 12.0 Å². The number of carbonyl (C=O) groups excluding carboxylic acids is 1. The second-order valence-electron chi connectivity index (χ2n) is 5.98. The van der Waals surface area contributed by atoms with Crippen LogP contribution in [-0.2, 0) is 21.2 Å². The minimum Gasteiger partial charge on any atom is -0.495 e. The Morgan fingerprint density at radius 1 is 1.15 bits per heavy atom. The highest BCUT2D eigenvalue weighted by molar-refractivity contribution is 7.92. The zero-order valence-corrected chi connectivity index (χ0v) is 16.1. The van der Waals surface area contributed by atoms with Gasteiger partial charge in [-0.05, 0) is 36.2 Å². The second kappa shape index (κ2) is 9.36. The summed E-state index contributed by atoms with van der Waals surface area (Å²) in [6.45, 7) is 0.388. The minimum absolute atomic E-state index is 0.00158. The number of benzene rings is 2. The van der Waals surface area contributed by atoms with Crippen LogP contribution in [0.2, 0.25) is 0 Å². The van der Waals surface area contributed by atoms with Gasteiger partial charge in [0.25, 0.3) is 0 Å². The van der Waals surface area contributed by atoms with Crippen molar-refractivity contribution in [3.63, 3.8) is 0 Å². The highest BCUT2D eigenvalue weighted by atomic mass is 32.2. The van der Waals surface area contributed by atoms with Crippen LogP contribution in [-0.4, -0.2) is 40.8 Å². The van der Waals surface area contributed by atoms with Crippen molar-refractivity contribution in [2.75, 3.05) is 30.8 Å². The Labute approximate surface area is 159 Å². The fourth-order valence-electron chi connectivity index (χ4n) is 2.59. The van der Waals surface area contributed by atoms with Crippen LogP contribution in [0.25, 0.3) is 0 Å². The number of nitrogens with zero attached hydrogens (tertiary/aromatic N) is 1. The average molecular weight is 394 g/mol. The normalized spacial score (nSPS) is 11.1. The van der Waals surface area contributed by atoms with E-state index in [0.29, 0.717) is 24.4 Å². The number of methoxy groups -OCH3 is 1. The maximum atomic E-state index is 12.9. The van der Waals surface area contributed by atoms with Gasteiger partial charge in [-0.3, -0.25) is 9.10 Å². The molecule has 2 aromatic carbocycles. The monoisotopic (exact) mass is 394 g/mol. The summed E-state index contributed by atoms with van der Waals surface area (Å²) < 4.78 is 43.5. The molecule has 1 N–H and O–H groups in total. The summed E-state index contributed by atoms with van der Waals surface area (Å²) in [4.78, 5) is 12.1. The van der Waals surface area contributed by atoms with E-state index >= 15 is 0 Å². The van der Waals surface area contributed by atoms with Gasteiger partial charge >= 0.3 is 0 Å². The quantitative estimate of drug-likeness (QED) is 0.708. The molecular weight excluding hydrogens is 371 g/mol. The molecule has 27 heavy (non-hydrogen) atoms. The summed E-state index contributed by atoms with van der Waals surface area (Å²) in [6.07, 6.45) is 1.66. The fraction of sp³-hybridized carbons (Fsp3) is 0.316. The molecule has 0 radical (unpaired) electrons. The summed E-state index contributed by atoms with van der Waals surface area (Å²) in [7, 11) is -2.12. The number of sulfonamides is 1. The Kier molecular flexibility index (Phi) is 7.18. The van der Waals surface area contributed by atoms with Crippen molar-refractivity contribution in [1.29, 1.82) is 0 Å². The van der Waals surface area contributed by atoms with Gasteiger partial charge in [0.1, 0.15) is 11.6 Å². The van der Waals surface area contributed by atoms with E-state index < -0.39 is 10.0 Å². The number of hydrogen-bond donors (Lipinski definition) is 1. The number of para-hydroxylation sites is 2. The van der Waals surface area contributed by atoms with Crippen molar-refractivity contribution in [2.24, 2.45) is 0 Å². The Bertz CT molecular complexity index is 870. The van der Waals surface area contributed by atoms with E-state index in [1.165, 1.54) is 19.2 Å². The molecule has 8 heteroatoms. The molecule has 0 unspecified atom stereocenters. The van der Waals surface area contributed by atoms with E-state index in [1.54, 1.807) is 36.4 Å². The first-order chi connectivity index (χ1) is 12.8. The third kappa shape index (κ3) is 6.25. The maximum Gasteiger partial charge on any atom is 0.232 e. The van der Waals surface area contributed by atoms with E-state index in [2.05, 4.69) is 5.32 Å². The lowest BCUT2D eigenvalue weighted by Crippen LogP contribution is -2.35.